The number of hydrogen-bond donors (Lipinski definition) is 0. The Morgan fingerprint density at radius 1 is 1.41 bits per heavy atom. The minimum absolute atomic E-state index is 0.206. The molecule has 0 spiro atoms. The number of ether oxygens (including phenoxy) is 2. The highest BCUT2D eigenvalue weighted by Crippen LogP contribution is 2.47. The van der Waals surface area contributed by atoms with Crippen molar-refractivity contribution >= 4 is 15.9 Å². The van der Waals surface area contributed by atoms with Gasteiger partial charge in [-0.1, -0.05) is 41.9 Å². The van der Waals surface area contributed by atoms with Gasteiger partial charge in [-0.05, 0) is 24.1 Å². The van der Waals surface area contributed by atoms with Gasteiger partial charge in [0.2, 0.25) is 0 Å². The fraction of sp³-hybridized carbons (Fsp3) is 0.571. The molecule has 3 heteroatoms. The van der Waals surface area contributed by atoms with Gasteiger partial charge in [0, 0.05) is 17.4 Å². The van der Waals surface area contributed by atoms with E-state index in [1.807, 2.05) is 12.1 Å². The van der Waals surface area contributed by atoms with Crippen LogP contribution in [0.2, 0.25) is 0 Å². The molecule has 0 N–H and O–H groups in total. The summed E-state index contributed by atoms with van der Waals surface area (Å²) in [5, 5.41) is 0. The van der Waals surface area contributed by atoms with E-state index in [-0.39, 0.29) is 5.41 Å². The van der Waals surface area contributed by atoms with Crippen molar-refractivity contribution in [2.75, 3.05) is 7.11 Å². The first-order valence-electron chi connectivity index (χ1n) is 5.92. The van der Waals surface area contributed by atoms with Gasteiger partial charge < -0.3 is 9.47 Å². The van der Waals surface area contributed by atoms with Gasteiger partial charge >= 0.3 is 0 Å². The normalized spacial score (nSPS) is 26.4. The van der Waals surface area contributed by atoms with Crippen molar-refractivity contribution in [2.45, 2.75) is 37.8 Å². The predicted molar refractivity (Wildman–Crippen MR) is 72.7 cm³/mol. The Labute approximate surface area is 111 Å². The lowest BCUT2D eigenvalue weighted by Gasteiger charge is -2.48. The Hall–Kier alpha value is -0.540. The number of halogens is 1. The van der Waals surface area contributed by atoms with Crippen molar-refractivity contribution in [1.29, 1.82) is 0 Å². The molecule has 1 saturated carbocycles. The van der Waals surface area contributed by atoms with E-state index in [9.17, 15) is 0 Å². The van der Waals surface area contributed by atoms with E-state index >= 15 is 0 Å². The zero-order valence-corrected chi connectivity index (χ0v) is 12.2. The lowest BCUT2D eigenvalue weighted by atomic mass is 9.69. The van der Waals surface area contributed by atoms with E-state index in [0.29, 0.717) is 17.5 Å². The summed E-state index contributed by atoms with van der Waals surface area (Å²) in [6.07, 6.45) is 1.37. The molecule has 0 aromatic heterocycles. The average molecular weight is 299 g/mol. The van der Waals surface area contributed by atoms with E-state index in [4.69, 9.17) is 9.47 Å². The SMILES string of the molecule is COCc1cccc(OC2CC(Br)C2(C)C)c1. The quantitative estimate of drug-likeness (QED) is 0.788. The van der Waals surface area contributed by atoms with Crippen molar-refractivity contribution in [2.24, 2.45) is 5.41 Å². The molecule has 1 aliphatic rings. The van der Waals surface area contributed by atoms with Gasteiger partial charge in [-0.25, -0.2) is 0 Å². The van der Waals surface area contributed by atoms with Gasteiger partial charge in [-0.2, -0.15) is 0 Å². The third-order valence-electron chi connectivity index (χ3n) is 3.55. The second-order valence-electron chi connectivity index (χ2n) is 5.21. The van der Waals surface area contributed by atoms with Crippen molar-refractivity contribution in [3.05, 3.63) is 29.8 Å². The summed E-state index contributed by atoms with van der Waals surface area (Å²) in [4.78, 5) is 0.558. The highest BCUT2D eigenvalue weighted by atomic mass is 79.9. The van der Waals surface area contributed by atoms with Crippen LogP contribution < -0.4 is 4.74 Å². The smallest absolute Gasteiger partial charge is 0.120 e. The van der Waals surface area contributed by atoms with Gasteiger partial charge in [-0.15, -0.1) is 0 Å². The summed E-state index contributed by atoms with van der Waals surface area (Å²) in [6.45, 7) is 5.10. The topological polar surface area (TPSA) is 18.5 Å². The Bertz CT molecular complexity index is 390. The summed E-state index contributed by atoms with van der Waals surface area (Å²) in [5.74, 6) is 0.942. The zero-order valence-electron chi connectivity index (χ0n) is 10.6. The minimum atomic E-state index is 0.206. The molecule has 94 valence electrons. The van der Waals surface area contributed by atoms with Gasteiger partial charge in [0.1, 0.15) is 11.9 Å². The first-order valence-corrected chi connectivity index (χ1v) is 6.84. The van der Waals surface area contributed by atoms with E-state index in [0.717, 1.165) is 17.7 Å². The third kappa shape index (κ3) is 2.66. The summed E-state index contributed by atoms with van der Waals surface area (Å²) in [6, 6.07) is 8.13. The van der Waals surface area contributed by atoms with Crippen LogP contribution in [0.5, 0.6) is 5.75 Å². The zero-order chi connectivity index (χ0) is 12.5. The van der Waals surface area contributed by atoms with Crippen molar-refractivity contribution < 1.29 is 9.47 Å². The molecular weight excluding hydrogens is 280 g/mol. The van der Waals surface area contributed by atoms with Crippen LogP contribution in [-0.2, 0) is 11.3 Å². The third-order valence-corrected chi connectivity index (χ3v) is 5.10. The summed E-state index contributed by atoms with van der Waals surface area (Å²) in [5.41, 5.74) is 1.36. The highest BCUT2D eigenvalue weighted by Gasteiger charge is 2.48. The molecule has 1 fully saturated rings. The molecule has 1 aromatic carbocycles. The molecule has 0 amide bonds. The molecule has 0 bridgehead atoms. The van der Waals surface area contributed by atoms with Gasteiger partial charge in [0.05, 0.1) is 6.61 Å². The maximum atomic E-state index is 6.04. The fourth-order valence-electron chi connectivity index (χ4n) is 2.08. The molecule has 0 aliphatic heterocycles. The molecular formula is C14H19BrO2. The van der Waals surface area contributed by atoms with Crippen LogP contribution in [0.15, 0.2) is 24.3 Å². The molecule has 17 heavy (non-hydrogen) atoms. The molecule has 0 radical (unpaired) electrons. The maximum absolute atomic E-state index is 6.04. The standard InChI is InChI=1S/C14H19BrO2/c1-14(2)12(15)8-13(14)17-11-6-4-5-10(7-11)9-16-3/h4-7,12-13H,8-9H2,1-3H3. The van der Waals surface area contributed by atoms with Gasteiger partial charge in [0.15, 0.2) is 0 Å². The fourth-order valence-corrected chi connectivity index (χ4v) is 2.71. The van der Waals surface area contributed by atoms with Crippen molar-refractivity contribution in [3.8, 4) is 5.75 Å². The van der Waals surface area contributed by atoms with E-state index in [1.165, 1.54) is 0 Å². The number of methoxy groups -OCH3 is 1. The lowest BCUT2D eigenvalue weighted by Crippen LogP contribution is -2.53. The largest absolute Gasteiger partial charge is 0.490 e. The van der Waals surface area contributed by atoms with Crippen LogP contribution >= 0.6 is 15.9 Å². The van der Waals surface area contributed by atoms with Crippen LogP contribution in [0.1, 0.15) is 25.8 Å². The van der Waals surface area contributed by atoms with Crippen LogP contribution in [-0.4, -0.2) is 18.0 Å². The van der Waals surface area contributed by atoms with E-state index in [1.54, 1.807) is 7.11 Å². The van der Waals surface area contributed by atoms with E-state index < -0.39 is 0 Å². The monoisotopic (exact) mass is 298 g/mol. The molecule has 0 saturated heterocycles. The van der Waals surface area contributed by atoms with E-state index in [2.05, 4.69) is 41.9 Å². The second-order valence-corrected chi connectivity index (χ2v) is 6.32. The molecule has 2 rings (SSSR count). The average Bonchev–Trinajstić information content (AvgIpc) is 2.30. The predicted octanol–water partition coefficient (Wildman–Crippen LogP) is 3.77. The summed E-state index contributed by atoms with van der Waals surface area (Å²) < 4.78 is 11.2. The highest BCUT2D eigenvalue weighted by molar-refractivity contribution is 9.09. The summed E-state index contributed by atoms with van der Waals surface area (Å²) >= 11 is 3.67. The Morgan fingerprint density at radius 3 is 2.76 bits per heavy atom. The van der Waals surface area contributed by atoms with Gasteiger partial charge in [0.25, 0.3) is 0 Å². The molecule has 1 aromatic rings. The number of benzene rings is 1. The van der Waals surface area contributed by atoms with Gasteiger partial charge in [-0.3, -0.25) is 0 Å². The number of rotatable bonds is 4. The van der Waals surface area contributed by atoms with Crippen LogP contribution in [0, 0.1) is 5.41 Å². The Balaban J connectivity index is 2.02. The van der Waals surface area contributed by atoms with Crippen LogP contribution in [0.3, 0.4) is 0 Å². The minimum Gasteiger partial charge on any atom is -0.490 e. The number of alkyl halides is 1. The molecule has 0 heterocycles. The van der Waals surface area contributed by atoms with Crippen molar-refractivity contribution in [1.82, 2.24) is 0 Å². The Morgan fingerprint density at radius 2 is 2.18 bits per heavy atom. The second kappa shape index (κ2) is 4.99. The number of hydrogen-bond acceptors (Lipinski definition) is 2. The molecule has 1 aliphatic carbocycles. The summed E-state index contributed by atoms with van der Waals surface area (Å²) in [7, 11) is 1.71. The maximum Gasteiger partial charge on any atom is 0.120 e. The van der Waals surface area contributed by atoms with Crippen LogP contribution in [0.4, 0.5) is 0 Å². The first kappa shape index (κ1) is 12.9. The molecule has 2 unspecified atom stereocenters. The van der Waals surface area contributed by atoms with Crippen LogP contribution in [0.25, 0.3) is 0 Å². The lowest BCUT2D eigenvalue weighted by molar-refractivity contribution is -0.00790. The molecule has 2 nitrogen and oxygen atoms in total. The van der Waals surface area contributed by atoms with Crippen molar-refractivity contribution in [3.63, 3.8) is 0 Å². The molecule has 2 atom stereocenters. The first-order chi connectivity index (χ1) is 8.04. The Kier molecular flexibility index (Phi) is 3.79.